The molecule has 1 N–H and O–H groups in total. The van der Waals surface area contributed by atoms with Crippen LogP contribution in [0.1, 0.15) is 51.9 Å². The molecule has 0 fully saturated rings. The maximum absolute atomic E-state index is 9.68. The molecular weight excluding hydrogens is 212 g/mol. The predicted molar refractivity (Wildman–Crippen MR) is 71.1 cm³/mol. The van der Waals surface area contributed by atoms with E-state index >= 15 is 0 Å². The highest BCUT2D eigenvalue weighted by atomic mass is 16.6. The van der Waals surface area contributed by atoms with Crippen molar-refractivity contribution in [3.8, 4) is 5.75 Å². The summed E-state index contributed by atoms with van der Waals surface area (Å²) in [6.07, 6.45) is 7.47. The first kappa shape index (κ1) is 14.0. The van der Waals surface area contributed by atoms with Crippen molar-refractivity contribution in [3.63, 3.8) is 0 Å². The highest BCUT2D eigenvalue weighted by Crippen LogP contribution is 2.14. The molecule has 0 aromatic heterocycles. The van der Waals surface area contributed by atoms with Crippen LogP contribution in [0.15, 0.2) is 30.3 Å². The molecule has 0 amide bonds. The summed E-state index contributed by atoms with van der Waals surface area (Å²) in [5.74, 6) is 0.742. The Morgan fingerprint density at radius 1 is 1.00 bits per heavy atom. The van der Waals surface area contributed by atoms with Gasteiger partial charge in [-0.05, 0) is 18.6 Å². The van der Waals surface area contributed by atoms with Gasteiger partial charge in [0.2, 0.25) is 0 Å². The second-order valence-electron chi connectivity index (χ2n) is 4.44. The van der Waals surface area contributed by atoms with Crippen molar-refractivity contribution in [3.05, 3.63) is 30.3 Å². The van der Waals surface area contributed by atoms with Crippen molar-refractivity contribution in [1.82, 2.24) is 0 Å². The number of benzene rings is 1. The van der Waals surface area contributed by atoms with Gasteiger partial charge in [-0.3, -0.25) is 0 Å². The van der Waals surface area contributed by atoms with E-state index in [1.54, 1.807) is 0 Å². The van der Waals surface area contributed by atoms with E-state index in [4.69, 9.17) is 4.74 Å². The van der Waals surface area contributed by atoms with Gasteiger partial charge in [0.25, 0.3) is 0 Å². The number of para-hydroxylation sites is 1. The summed E-state index contributed by atoms with van der Waals surface area (Å²) in [6.45, 7) is 2.22. The van der Waals surface area contributed by atoms with E-state index in [1.807, 2.05) is 30.3 Å². The molecule has 0 saturated heterocycles. The minimum Gasteiger partial charge on any atom is -0.465 e. The highest BCUT2D eigenvalue weighted by Gasteiger charge is 2.04. The molecule has 0 bridgehead atoms. The Labute approximate surface area is 105 Å². The first-order valence-corrected chi connectivity index (χ1v) is 6.72. The summed E-state index contributed by atoms with van der Waals surface area (Å²) in [4.78, 5) is 0. The third-order valence-electron chi connectivity index (χ3n) is 2.82. The molecule has 1 aromatic carbocycles. The van der Waals surface area contributed by atoms with Gasteiger partial charge in [-0.2, -0.15) is 0 Å². The first-order valence-electron chi connectivity index (χ1n) is 6.72. The number of hydrogen-bond donors (Lipinski definition) is 1. The lowest BCUT2D eigenvalue weighted by Gasteiger charge is -2.13. The van der Waals surface area contributed by atoms with Crippen LogP contribution < -0.4 is 4.74 Å². The third kappa shape index (κ3) is 7.01. The van der Waals surface area contributed by atoms with E-state index < -0.39 is 6.29 Å². The molecule has 2 nitrogen and oxygen atoms in total. The van der Waals surface area contributed by atoms with Gasteiger partial charge >= 0.3 is 0 Å². The molecule has 96 valence electrons. The van der Waals surface area contributed by atoms with Crippen LogP contribution in [-0.4, -0.2) is 11.4 Å². The molecule has 1 aromatic rings. The van der Waals surface area contributed by atoms with Crippen LogP contribution in [0.25, 0.3) is 0 Å². The smallest absolute Gasteiger partial charge is 0.197 e. The molecule has 0 aliphatic heterocycles. The fraction of sp³-hybridized carbons (Fsp3) is 0.600. The van der Waals surface area contributed by atoms with Crippen molar-refractivity contribution in [1.29, 1.82) is 0 Å². The summed E-state index contributed by atoms with van der Waals surface area (Å²) in [5.41, 5.74) is 0. The van der Waals surface area contributed by atoms with E-state index in [0.717, 1.165) is 18.6 Å². The minimum atomic E-state index is -0.663. The molecule has 0 aliphatic rings. The normalized spacial score (nSPS) is 12.4. The lowest BCUT2D eigenvalue weighted by Crippen LogP contribution is -2.15. The maximum Gasteiger partial charge on any atom is 0.197 e. The van der Waals surface area contributed by atoms with Crippen molar-refractivity contribution in [2.75, 3.05) is 0 Å². The second-order valence-corrected chi connectivity index (χ2v) is 4.44. The number of hydrogen-bond acceptors (Lipinski definition) is 2. The molecule has 2 heteroatoms. The summed E-state index contributed by atoms with van der Waals surface area (Å²) in [6, 6.07) is 9.49. The number of unbranched alkanes of at least 4 members (excludes halogenated alkanes) is 5. The lowest BCUT2D eigenvalue weighted by atomic mass is 10.1. The number of aliphatic hydroxyl groups is 1. The Balaban J connectivity index is 2.03. The van der Waals surface area contributed by atoms with Gasteiger partial charge in [-0.25, -0.2) is 0 Å². The number of ether oxygens (including phenoxy) is 1. The van der Waals surface area contributed by atoms with Crippen molar-refractivity contribution < 1.29 is 9.84 Å². The monoisotopic (exact) mass is 236 g/mol. The molecule has 0 saturated carbocycles. The number of rotatable bonds is 9. The standard InChI is InChI=1S/C15H24O2/c1-2-3-4-5-6-10-13-15(16)17-14-11-8-7-9-12-14/h7-9,11-12,15-16H,2-6,10,13H2,1H3. The Morgan fingerprint density at radius 2 is 1.65 bits per heavy atom. The van der Waals surface area contributed by atoms with E-state index in [0.29, 0.717) is 0 Å². The highest BCUT2D eigenvalue weighted by molar-refractivity contribution is 5.20. The summed E-state index contributed by atoms with van der Waals surface area (Å²) in [7, 11) is 0. The van der Waals surface area contributed by atoms with Crippen LogP contribution in [0.4, 0.5) is 0 Å². The van der Waals surface area contributed by atoms with Crippen molar-refractivity contribution in [2.45, 2.75) is 58.2 Å². The quantitative estimate of drug-likeness (QED) is 0.516. The Bertz CT molecular complexity index is 272. The van der Waals surface area contributed by atoms with E-state index in [9.17, 15) is 5.11 Å². The molecular formula is C15H24O2. The van der Waals surface area contributed by atoms with E-state index in [-0.39, 0.29) is 0 Å². The molecule has 1 atom stereocenters. The van der Waals surface area contributed by atoms with Crippen LogP contribution in [0, 0.1) is 0 Å². The second kappa shape index (κ2) is 9.06. The largest absolute Gasteiger partial charge is 0.465 e. The fourth-order valence-corrected chi connectivity index (χ4v) is 1.81. The van der Waals surface area contributed by atoms with Gasteiger partial charge in [0.1, 0.15) is 5.75 Å². The molecule has 1 unspecified atom stereocenters. The molecule has 1 rings (SSSR count). The summed E-state index contributed by atoms with van der Waals surface area (Å²) in [5, 5.41) is 9.68. The van der Waals surface area contributed by atoms with Crippen LogP contribution in [-0.2, 0) is 0 Å². The zero-order chi connectivity index (χ0) is 12.3. The average molecular weight is 236 g/mol. The maximum atomic E-state index is 9.68. The predicted octanol–water partition coefficient (Wildman–Crippen LogP) is 4.13. The van der Waals surface area contributed by atoms with Gasteiger partial charge in [0, 0.05) is 6.42 Å². The summed E-state index contributed by atoms with van der Waals surface area (Å²) >= 11 is 0. The Hall–Kier alpha value is -1.02. The van der Waals surface area contributed by atoms with Gasteiger partial charge in [0.15, 0.2) is 6.29 Å². The average Bonchev–Trinajstić information content (AvgIpc) is 2.35. The molecule has 17 heavy (non-hydrogen) atoms. The first-order chi connectivity index (χ1) is 8.33. The van der Waals surface area contributed by atoms with Gasteiger partial charge in [0.05, 0.1) is 0 Å². The van der Waals surface area contributed by atoms with Crippen molar-refractivity contribution in [2.24, 2.45) is 0 Å². The third-order valence-corrected chi connectivity index (χ3v) is 2.82. The van der Waals surface area contributed by atoms with Gasteiger partial charge < -0.3 is 9.84 Å². The topological polar surface area (TPSA) is 29.5 Å². The van der Waals surface area contributed by atoms with Crippen molar-refractivity contribution >= 4 is 0 Å². The molecule has 0 aliphatic carbocycles. The van der Waals surface area contributed by atoms with Crippen LogP contribution in [0.3, 0.4) is 0 Å². The van der Waals surface area contributed by atoms with Gasteiger partial charge in [-0.15, -0.1) is 0 Å². The van der Waals surface area contributed by atoms with Crippen LogP contribution in [0.5, 0.6) is 5.75 Å². The Kier molecular flexibility index (Phi) is 7.48. The SMILES string of the molecule is CCCCCCCCC(O)Oc1ccccc1. The van der Waals surface area contributed by atoms with E-state index in [1.165, 1.54) is 32.1 Å². The summed E-state index contributed by atoms with van der Waals surface area (Å²) < 4.78 is 5.40. The molecule has 0 heterocycles. The molecule has 0 radical (unpaired) electrons. The zero-order valence-electron chi connectivity index (χ0n) is 10.8. The molecule has 0 spiro atoms. The van der Waals surface area contributed by atoms with Gasteiger partial charge in [-0.1, -0.05) is 57.2 Å². The van der Waals surface area contributed by atoms with Crippen LogP contribution >= 0.6 is 0 Å². The zero-order valence-corrected chi connectivity index (χ0v) is 10.8. The lowest BCUT2D eigenvalue weighted by molar-refractivity contribution is -0.0246. The fourth-order valence-electron chi connectivity index (χ4n) is 1.81. The minimum absolute atomic E-state index is 0.663. The van der Waals surface area contributed by atoms with Crippen LogP contribution in [0.2, 0.25) is 0 Å². The van der Waals surface area contributed by atoms with E-state index in [2.05, 4.69) is 6.92 Å². The number of aliphatic hydroxyl groups excluding tert-OH is 1. The Morgan fingerprint density at radius 3 is 2.35 bits per heavy atom.